The molecule has 0 bridgehead atoms. The van der Waals surface area contributed by atoms with Crippen LogP contribution in [0.2, 0.25) is 0 Å². The fraction of sp³-hybridized carbons (Fsp3) is 0.200. The molecule has 0 aliphatic carbocycles. The molecule has 1 aliphatic rings. The summed E-state index contributed by atoms with van der Waals surface area (Å²) >= 11 is 0. The van der Waals surface area contributed by atoms with Gasteiger partial charge in [0, 0.05) is 17.7 Å². The SMILES string of the molecule is COc1cc(/C=C/[N+](=O)[O-])c(-c2cc3c(cc2/C=C/[N+](=O)[O-])OCO3)c(OC)c1OC. The van der Waals surface area contributed by atoms with Gasteiger partial charge in [-0.3, -0.25) is 20.2 Å². The second kappa shape index (κ2) is 9.03. The van der Waals surface area contributed by atoms with E-state index in [0.717, 1.165) is 12.4 Å². The molecular formula is C20H18N2O9. The van der Waals surface area contributed by atoms with Crippen molar-refractivity contribution in [1.29, 1.82) is 0 Å². The molecular weight excluding hydrogens is 412 g/mol. The Bertz CT molecular complexity index is 1090. The predicted molar refractivity (Wildman–Crippen MR) is 110 cm³/mol. The van der Waals surface area contributed by atoms with Crippen LogP contribution in [0.4, 0.5) is 0 Å². The van der Waals surface area contributed by atoms with Crippen LogP contribution in [0.25, 0.3) is 23.3 Å². The zero-order chi connectivity index (χ0) is 22.5. The highest BCUT2D eigenvalue weighted by Gasteiger charge is 2.25. The summed E-state index contributed by atoms with van der Waals surface area (Å²) in [6, 6.07) is 4.74. The second-order valence-corrected chi connectivity index (χ2v) is 6.10. The second-order valence-electron chi connectivity index (χ2n) is 6.10. The summed E-state index contributed by atoms with van der Waals surface area (Å²) in [5, 5.41) is 21.9. The number of hydrogen-bond acceptors (Lipinski definition) is 9. The number of nitro groups is 2. The minimum Gasteiger partial charge on any atom is -0.493 e. The zero-order valence-corrected chi connectivity index (χ0v) is 16.8. The molecule has 1 aliphatic heterocycles. The Morgan fingerprint density at radius 3 is 1.97 bits per heavy atom. The van der Waals surface area contributed by atoms with Crippen molar-refractivity contribution in [3.8, 4) is 39.9 Å². The molecule has 11 nitrogen and oxygen atoms in total. The topological polar surface area (TPSA) is 132 Å². The van der Waals surface area contributed by atoms with Crippen molar-refractivity contribution >= 4 is 12.2 Å². The first-order chi connectivity index (χ1) is 14.9. The van der Waals surface area contributed by atoms with Gasteiger partial charge in [0.05, 0.1) is 31.2 Å². The smallest absolute Gasteiger partial charge is 0.235 e. The number of hydrogen-bond donors (Lipinski definition) is 0. The summed E-state index contributed by atoms with van der Waals surface area (Å²) in [6.45, 7) is -0.00563. The monoisotopic (exact) mass is 430 g/mol. The Morgan fingerprint density at radius 1 is 0.839 bits per heavy atom. The molecule has 1 heterocycles. The van der Waals surface area contributed by atoms with Gasteiger partial charge in [-0.25, -0.2) is 0 Å². The quantitative estimate of drug-likeness (QED) is 0.455. The van der Waals surface area contributed by atoms with Gasteiger partial charge in [0.25, 0.3) is 0 Å². The van der Waals surface area contributed by atoms with Gasteiger partial charge in [0.1, 0.15) is 0 Å². The summed E-state index contributed by atoms with van der Waals surface area (Å²) in [7, 11) is 4.25. The van der Waals surface area contributed by atoms with Crippen LogP contribution in [0, 0.1) is 20.2 Å². The molecule has 0 amide bonds. The Labute approximate surface area is 176 Å². The van der Waals surface area contributed by atoms with E-state index in [9.17, 15) is 20.2 Å². The first-order valence-electron chi connectivity index (χ1n) is 8.80. The average Bonchev–Trinajstić information content (AvgIpc) is 3.21. The summed E-state index contributed by atoms with van der Waals surface area (Å²) in [5.41, 5.74) is 1.60. The van der Waals surface area contributed by atoms with Crippen LogP contribution in [0.1, 0.15) is 11.1 Å². The number of rotatable bonds is 8. The first kappa shape index (κ1) is 21.4. The Kier molecular flexibility index (Phi) is 6.24. The van der Waals surface area contributed by atoms with E-state index in [1.807, 2.05) is 0 Å². The van der Waals surface area contributed by atoms with E-state index in [2.05, 4.69) is 0 Å². The fourth-order valence-corrected chi connectivity index (χ4v) is 3.18. The number of methoxy groups -OCH3 is 3. The summed E-state index contributed by atoms with van der Waals surface area (Å²) in [6.07, 6.45) is 4.10. The van der Waals surface area contributed by atoms with Crippen molar-refractivity contribution in [3.05, 3.63) is 62.0 Å². The maximum atomic E-state index is 11.0. The molecule has 0 saturated heterocycles. The molecule has 0 radical (unpaired) electrons. The molecule has 0 spiro atoms. The van der Waals surface area contributed by atoms with E-state index >= 15 is 0 Å². The first-order valence-corrected chi connectivity index (χ1v) is 8.80. The lowest BCUT2D eigenvalue weighted by molar-refractivity contribution is -0.401. The predicted octanol–water partition coefficient (Wildman–Crippen LogP) is 3.60. The lowest BCUT2D eigenvalue weighted by Crippen LogP contribution is -2.00. The third-order valence-corrected chi connectivity index (χ3v) is 4.43. The molecule has 162 valence electrons. The molecule has 0 aromatic heterocycles. The van der Waals surface area contributed by atoms with Crippen molar-refractivity contribution in [1.82, 2.24) is 0 Å². The highest BCUT2D eigenvalue weighted by molar-refractivity contribution is 5.90. The molecule has 0 saturated carbocycles. The van der Waals surface area contributed by atoms with Crippen LogP contribution in [-0.2, 0) is 0 Å². The van der Waals surface area contributed by atoms with Crippen LogP contribution in [0.5, 0.6) is 28.7 Å². The van der Waals surface area contributed by atoms with E-state index in [1.54, 1.807) is 18.2 Å². The van der Waals surface area contributed by atoms with Gasteiger partial charge < -0.3 is 23.7 Å². The molecule has 0 atom stereocenters. The van der Waals surface area contributed by atoms with Gasteiger partial charge in [-0.2, -0.15) is 0 Å². The van der Waals surface area contributed by atoms with Crippen LogP contribution in [0.3, 0.4) is 0 Å². The van der Waals surface area contributed by atoms with Gasteiger partial charge in [-0.15, -0.1) is 0 Å². The Morgan fingerprint density at radius 2 is 1.42 bits per heavy atom. The Balaban J connectivity index is 2.40. The molecule has 2 aromatic carbocycles. The molecule has 11 heteroatoms. The van der Waals surface area contributed by atoms with E-state index in [-0.39, 0.29) is 24.0 Å². The number of fused-ring (bicyclic) bond motifs is 1. The normalized spacial score (nSPS) is 12.4. The molecule has 3 rings (SSSR count). The number of ether oxygens (including phenoxy) is 5. The van der Waals surface area contributed by atoms with Gasteiger partial charge in [0.2, 0.25) is 24.9 Å². The van der Waals surface area contributed by atoms with Gasteiger partial charge in [0.15, 0.2) is 23.0 Å². The molecule has 0 N–H and O–H groups in total. The largest absolute Gasteiger partial charge is 0.493 e. The van der Waals surface area contributed by atoms with Gasteiger partial charge in [-0.05, 0) is 34.9 Å². The van der Waals surface area contributed by atoms with Crippen molar-refractivity contribution in [2.24, 2.45) is 0 Å². The van der Waals surface area contributed by atoms with Crippen LogP contribution in [0.15, 0.2) is 30.6 Å². The summed E-state index contributed by atoms with van der Waals surface area (Å²) in [5.74, 6) is 1.58. The van der Waals surface area contributed by atoms with Gasteiger partial charge in [-0.1, -0.05) is 0 Å². The molecule has 0 unspecified atom stereocenters. The zero-order valence-electron chi connectivity index (χ0n) is 16.8. The minimum atomic E-state index is -0.611. The molecule has 31 heavy (non-hydrogen) atoms. The maximum Gasteiger partial charge on any atom is 0.235 e. The summed E-state index contributed by atoms with van der Waals surface area (Å²) in [4.78, 5) is 20.7. The van der Waals surface area contributed by atoms with Crippen LogP contribution < -0.4 is 23.7 Å². The third-order valence-electron chi connectivity index (χ3n) is 4.43. The van der Waals surface area contributed by atoms with Crippen molar-refractivity contribution < 1.29 is 33.5 Å². The highest BCUT2D eigenvalue weighted by atomic mass is 16.7. The number of nitrogens with zero attached hydrogens (tertiary/aromatic N) is 2. The average molecular weight is 430 g/mol. The lowest BCUT2D eigenvalue weighted by Gasteiger charge is -2.20. The van der Waals surface area contributed by atoms with Crippen molar-refractivity contribution in [2.75, 3.05) is 28.1 Å². The van der Waals surface area contributed by atoms with Crippen LogP contribution in [-0.4, -0.2) is 38.0 Å². The minimum absolute atomic E-state index is 0.00563. The van der Waals surface area contributed by atoms with Crippen molar-refractivity contribution in [3.63, 3.8) is 0 Å². The maximum absolute atomic E-state index is 11.0. The van der Waals surface area contributed by atoms with E-state index in [1.165, 1.54) is 33.5 Å². The van der Waals surface area contributed by atoms with Gasteiger partial charge >= 0.3 is 0 Å². The third kappa shape index (κ3) is 4.34. The fourth-order valence-electron chi connectivity index (χ4n) is 3.18. The summed E-state index contributed by atoms with van der Waals surface area (Å²) < 4.78 is 27.2. The Hall–Kier alpha value is -4.28. The molecule has 2 aromatic rings. The number of benzene rings is 2. The van der Waals surface area contributed by atoms with Crippen molar-refractivity contribution in [2.45, 2.75) is 0 Å². The highest BCUT2D eigenvalue weighted by Crippen LogP contribution is 2.50. The van der Waals surface area contributed by atoms with E-state index in [4.69, 9.17) is 23.7 Å². The molecule has 0 fully saturated rings. The standard InChI is InChI=1S/C20H18N2O9/c1-27-17-9-13(5-7-22(25)26)18(20(29-3)19(17)28-2)14-10-16-15(30-11-31-16)8-12(14)4-6-21(23)24/h4-10H,11H2,1-3H3/b6-4+,7-5+. The lowest BCUT2D eigenvalue weighted by atomic mass is 9.92. The van der Waals surface area contributed by atoms with E-state index in [0.29, 0.717) is 33.8 Å². The van der Waals surface area contributed by atoms with E-state index < -0.39 is 9.85 Å². The van der Waals surface area contributed by atoms with Crippen LogP contribution >= 0.6 is 0 Å².